The molecule has 0 radical (unpaired) electrons. The van der Waals surface area contributed by atoms with Gasteiger partial charge in [0, 0.05) is 28.8 Å². The van der Waals surface area contributed by atoms with Gasteiger partial charge in [0.15, 0.2) is 6.10 Å². The second-order valence-electron chi connectivity index (χ2n) is 7.30. The maximum atomic E-state index is 13.0. The number of nitrogens with zero attached hydrogens (tertiary/aromatic N) is 1. The molecule has 2 aliphatic rings. The molecular formula is C22H22N2O4S. The fourth-order valence-electron chi connectivity index (χ4n) is 3.72. The summed E-state index contributed by atoms with van der Waals surface area (Å²) in [5.74, 6) is -0.206. The summed E-state index contributed by atoms with van der Waals surface area (Å²) in [5.41, 5.74) is 2.90. The highest BCUT2D eigenvalue weighted by atomic mass is 32.2. The number of para-hydroxylation sites is 1. The van der Waals surface area contributed by atoms with E-state index in [2.05, 4.69) is 5.32 Å². The van der Waals surface area contributed by atoms with Gasteiger partial charge in [-0.3, -0.25) is 9.59 Å². The lowest BCUT2D eigenvalue weighted by molar-refractivity contribution is -0.126. The van der Waals surface area contributed by atoms with Crippen LogP contribution in [-0.4, -0.2) is 35.7 Å². The van der Waals surface area contributed by atoms with Crippen molar-refractivity contribution in [1.29, 1.82) is 0 Å². The van der Waals surface area contributed by atoms with E-state index in [4.69, 9.17) is 4.74 Å². The van der Waals surface area contributed by atoms with E-state index in [9.17, 15) is 14.4 Å². The van der Waals surface area contributed by atoms with E-state index in [1.165, 1.54) is 0 Å². The van der Waals surface area contributed by atoms with Gasteiger partial charge >= 0.3 is 5.97 Å². The molecule has 6 nitrogen and oxygen atoms in total. The molecule has 0 fully saturated rings. The molecule has 2 aromatic rings. The van der Waals surface area contributed by atoms with Crippen LogP contribution in [0.15, 0.2) is 47.4 Å². The molecule has 0 aromatic heterocycles. The second kappa shape index (κ2) is 7.91. The summed E-state index contributed by atoms with van der Waals surface area (Å²) in [6, 6.07) is 12.9. The number of fused-ring (bicyclic) bond motifs is 2. The van der Waals surface area contributed by atoms with Crippen LogP contribution in [0.2, 0.25) is 0 Å². The first-order valence-electron chi connectivity index (χ1n) is 9.62. The SMILES string of the molecule is C[C@@H](OC(=O)c1ccc2c(c1)NC(=O)CCS2)C(=O)N1c2ccccc2C[C@@H]1C. The molecule has 2 amide bonds. The maximum absolute atomic E-state index is 13.0. The van der Waals surface area contributed by atoms with Gasteiger partial charge in [-0.2, -0.15) is 0 Å². The summed E-state index contributed by atoms with van der Waals surface area (Å²) in [7, 11) is 0. The lowest BCUT2D eigenvalue weighted by Gasteiger charge is -2.26. The number of hydrogen-bond acceptors (Lipinski definition) is 5. The van der Waals surface area contributed by atoms with Gasteiger partial charge in [-0.25, -0.2) is 4.79 Å². The van der Waals surface area contributed by atoms with Crippen LogP contribution in [0, 0.1) is 0 Å². The molecule has 4 rings (SSSR count). The van der Waals surface area contributed by atoms with Crippen LogP contribution in [-0.2, 0) is 20.7 Å². The van der Waals surface area contributed by atoms with Gasteiger partial charge in [-0.1, -0.05) is 18.2 Å². The molecule has 2 aliphatic heterocycles. The Balaban J connectivity index is 1.49. The molecule has 0 bridgehead atoms. The number of hydrogen-bond donors (Lipinski definition) is 1. The Labute approximate surface area is 173 Å². The monoisotopic (exact) mass is 410 g/mol. The van der Waals surface area contributed by atoms with Crippen LogP contribution in [0.3, 0.4) is 0 Å². The number of esters is 1. The van der Waals surface area contributed by atoms with Crippen molar-refractivity contribution < 1.29 is 19.1 Å². The van der Waals surface area contributed by atoms with Gasteiger partial charge in [0.1, 0.15) is 0 Å². The van der Waals surface area contributed by atoms with Crippen LogP contribution in [0.5, 0.6) is 0 Å². The summed E-state index contributed by atoms with van der Waals surface area (Å²) in [6.45, 7) is 3.58. The fourth-order valence-corrected chi connectivity index (χ4v) is 4.66. The molecule has 2 aromatic carbocycles. The molecule has 150 valence electrons. The largest absolute Gasteiger partial charge is 0.449 e. The van der Waals surface area contributed by atoms with Crippen molar-refractivity contribution in [2.45, 2.75) is 43.7 Å². The quantitative estimate of drug-likeness (QED) is 0.782. The zero-order valence-electron chi connectivity index (χ0n) is 16.3. The molecule has 0 spiro atoms. The second-order valence-corrected chi connectivity index (χ2v) is 8.43. The summed E-state index contributed by atoms with van der Waals surface area (Å²) in [6.07, 6.45) is 0.296. The van der Waals surface area contributed by atoms with Crippen molar-refractivity contribution in [1.82, 2.24) is 0 Å². The third-order valence-electron chi connectivity index (χ3n) is 5.15. The van der Waals surface area contributed by atoms with Gasteiger partial charge in [0.2, 0.25) is 5.91 Å². The molecule has 7 heteroatoms. The minimum Gasteiger partial charge on any atom is -0.449 e. The van der Waals surface area contributed by atoms with Gasteiger partial charge in [0.05, 0.1) is 11.3 Å². The van der Waals surface area contributed by atoms with Gasteiger partial charge in [0.25, 0.3) is 5.91 Å². The van der Waals surface area contributed by atoms with Crippen molar-refractivity contribution in [3.05, 3.63) is 53.6 Å². The van der Waals surface area contributed by atoms with Crippen LogP contribution >= 0.6 is 11.8 Å². The first-order chi connectivity index (χ1) is 13.9. The molecule has 2 atom stereocenters. The highest BCUT2D eigenvalue weighted by Crippen LogP contribution is 2.33. The minimum atomic E-state index is -0.918. The number of amides is 2. The number of rotatable bonds is 3. The van der Waals surface area contributed by atoms with Crippen LogP contribution in [0.4, 0.5) is 11.4 Å². The first-order valence-corrected chi connectivity index (χ1v) is 10.6. The smallest absolute Gasteiger partial charge is 0.338 e. The van der Waals surface area contributed by atoms with Crippen LogP contribution in [0.1, 0.15) is 36.2 Å². The van der Waals surface area contributed by atoms with E-state index in [-0.39, 0.29) is 17.9 Å². The highest BCUT2D eigenvalue weighted by molar-refractivity contribution is 7.99. The standard InChI is InChI=1S/C22H22N2O4S/c1-13-11-15-5-3-4-6-18(15)24(13)21(26)14(2)28-22(27)16-7-8-19-17(12-16)23-20(25)9-10-29-19/h3-8,12-14H,9-11H2,1-2H3,(H,23,25)/t13-,14+/m0/s1. The average Bonchev–Trinajstić information content (AvgIpc) is 2.91. The number of ether oxygens (including phenoxy) is 1. The number of nitrogens with one attached hydrogen (secondary N) is 1. The van der Waals surface area contributed by atoms with Crippen molar-refractivity contribution in [2.75, 3.05) is 16.0 Å². The van der Waals surface area contributed by atoms with Crippen LogP contribution in [0.25, 0.3) is 0 Å². The number of anilines is 2. The first kappa shape index (κ1) is 19.5. The van der Waals surface area contributed by atoms with Gasteiger partial charge in [-0.05, 0) is 50.1 Å². The molecule has 2 heterocycles. The van der Waals surface area contributed by atoms with Crippen molar-refractivity contribution in [3.8, 4) is 0 Å². The summed E-state index contributed by atoms with van der Waals surface area (Å²) in [4.78, 5) is 40.0. The molecule has 29 heavy (non-hydrogen) atoms. The molecule has 0 saturated heterocycles. The van der Waals surface area contributed by atoms with Crippen molar-refractivity contribution in [3.63, 3.8) is 0 Å². The minimum absolute atomic E-state index is 0.0146. The number of thioether (sulfide) groups is 1. The zero-order chi connectivity index (χ0) is 20.5. The van der Waals surface area contributed by atoms with Crippen molar-refractivity contribution >= 4 is 40.9 Å². The Morgan fingerprint density at radius 3 is 2.86 bits per heavy atom. The average molecular weight is 410 g/mol. The zero-order valence-corrected chi connectivity index (χ0v) is 17.1. The Hall–Kier alpha value is -2.80. The van der Waals surface area contributed by atoms with E-state index in [0.29, 0.717) is 23.4 Å². The summed E-state index contributed by atoms with van der Waals surface area (Å²) >= 11 is 1.57. The Morgan fingerprint density at radius 2 is 2.03 bits per heavy atom. The van der Waals surface area contributed by atoms with Gasteiger partial charge in [-0.15, -0.1) is 11.8 Å². The molecular weight excluding hydrogens is 388 g/mol. The maximum Gasteiger partial charge on any atom is 0.338 e. The molecule has 1 N–H and O–H groups in total. The summed E-state index contributed by atoms with van der Waals surface area (Å²) < 4.78 is 5.47. The topological polar surface area (TPSA) is 75.7 Å². The Kier molecular flexibility index (Phi) is 5.32. The van der Waals surface area contributed by atoms with E-state index in [1.54, 1.807) is 41.8 Å². The lowest BCUT2D eigenvalue weighted by Crippen LogP contribution is -2.43. The lowest BCUT2D eigenvalue weighted by atomic mass is 10.1. The van der Waals surface area contributed by atoms with E-state index in [0.717, 1.165) is 22.6 Å². The number of carbonyl (C=O) groups is 3. The van der Waals surface area contributed by atoms with Crippen LogP contribution < -0.4 is 10.2 Å². The summed E-state index contributed by atoms with van der Waals surface area (Å²) in [5, 5.41) is 2.81. The fraction of sp³-hybridized carbons (Fsp3) is 0.318. The third-order valence-corrected chi connectivity index (χ3v) is 6.23. The predicted molar refractivity (Wildman–Crippen MR) is 112 cm³/mol. The van der Waals surface area contributed by atoms with Crippen molar-refractivity contribution in [2.24, 2.45) is 0 Å². The Morgan fingerprint density at radius 1 is 1.24 bits per heavy atom. The third kappa shape index (κ3) is 3.87. The van der Waals surface area contributed by atoms with E-state index >= 15 is 0 Å². The molecule has 0 saturated carbocycles. The molecule has 0 unspecified atom stereocenters. The van der Waals surface area contributed by atoms with E-state index in [1.807, 2.05) is 31.2 Å². The Bertz CT molecular complexity index is 991. The number of benzene rings is 2. The van der Waals surface area contributed by atoms with Gasteiger partial charge < -0.3 is 15.0 Å². The number of carbonyl (C=O) groups excluding carboxylic acids is 3. The normalized spacial score (nSPS) is 18.9. The van der Waals surface area contributed by atoms with E-state index < -0.39 is 12.1 Å². The highest BCUT2D eigenvalue weighted by Gasteiger charge is 2.34. The molecule has 0 aliphatic carbocycles. The predicted octanol–water partition coefficient (Wildman–Crippen LogP) is 3.64.